The van der Waals surface area contributed by atoms with Crippen molar-refractivity contribution in [1.29, 1.82) is 5.26 Å². The molecule has 0 aromatic heterocycles. The van der Waals surface area contributed by atoms with Gasteiger partial charge in [-0.3, -0.25) is 4.79 Å². The van der Waals surface area contributed by atoms with Gasteiger partial charge in [0.2, 0.25) is 0 Å². The second kappa shape index (κ2) is 11.0. The molecule has 0 bridgehead atoms. The molecule has 1 N–H and O–H groups in total. The Labute approximate surface area is 189 Å². The highest BCUT2D eigenvalue weighted by Gasteiger charge is 2.14. The van der Waals surface area contributed by atoms with Crippen molar-refractivity contribution in [3.05, 3.63) is 61.5 Å². The molecule has 150 valence electrons. The summed E-state index contributed by atoms with van der Waals surface area (Å²) in [7, 11) is 0. The Morgan fingerprint density at radius 3 is 2.38 bits per heavy atom. The normalized spacial score (nSPS) is 10.8. The lowest BCUT2D eigenvalue weighted by Crippen LogP contribution is -2.15. The first-order valence-corrected chi connectivity index (χ1v) is 10.3. The zero-order chi connectivity index (χ0) is 21.4. The van der Waals surface area contributed by atoms with E-state index in [0.717, 1.165) is 0 Å². The van der Waals surface area contributed by atoms with Crippen LogP contribution in [0.1, 0.15) is 12.5 Å². The van der Waals surface area contributed by atoms with E-state index in [2.05, 4.69) is 37.2 Å². The number of anilines is 1. The Balaban J connectivity index is 2.18. The second-order valence-corrected chi connectivity index (χ2v) is 7.68. The lowest BCUT2D eigenvalue weighted by molar-refractivity contribution is -0.145. The molecule has 2 aromatic rings. The fourth-order valence-corrected chi connectivity index (χ4v) is 3.76. The van der Waals surface area contributed by atoms with E-state index >= 15 is 0 Å². The number of esters is 1. The second-order valence-electron chi connectivity index (χ2n) is 5.54. The van der Waals surface area contributed by atoms with Crippen LogP contribution >= 0.6 is 43.5 Å². The van der Waals surface area contributed by atoms with Crippen molar-refractivity contribution < 1.29 is 19.1 Å². The topological polar surface area (TPSA) is 88.4 Å². The van der Waals surface area contributed by atoms with Crippen LogP contribution < -0.4 is 10.1 Å². The van der Waals surface area contributed by atoms with Gasteiger partial charge in [-0.1, -0.05) is 11.6 Å². The summed E-state index contributed by atoms with van der Waals surface area (Å²) in [4.78, 5) is 23.8. The monoisotopic (exact) mass is 540 g/mol. The Morgan fingerprint density at radius 1 is 1.21 bits per heavy atom. The first-order chi connectivity index (χ1) is 13.8. The van der Waals surface area contributed by atoms with Crippen LogP contribution in [0.4, 0.5) is 5.69 Å². The van der Waals surface area contributed by atoms with Gasteiger partial charge in [-0.05, 0) is 86.8 Å². The maximum Gasteiger partial charge on any atom is 0.344 e. The molecular formula is C20H15Br2ClN2O4. The number of nitrogens with zero attached hydrogens (tertiary/aromatic N) is 1. The number of carbonyl (C=O) groups excluding carboxylic acids is 2. The van der Waals surface area contributed by atoms with E-state index in [1.54, 1.807) is 43.3 Å². The SMILES string of the molecule is CCOC(=O)COc1c(Br)cc(/C=C(/C#N)C(=O)Nc2ccc(Cl)cc2)cc1Br. The van der Waals surface area contributed by atoms with Crippen molar-refractivity contribution in [1.82, 2.24) is 0 Å². The zero-order valence-electron chi connectivity index (χ0n) is 15.2. The van der Waals surface area contributed by atoms with Crippen LogP contribution in [0.15, 0.2) is 50.9 Å². The van der Waals surface area contributed by atoms with Gasteiger partial charge in [0.15, 0.2) is 6.61 Å². The summed E-state index contributed by atoms with van der Waals surface area (Å²) in [6.45, 7) is 1.73. The van der Waals surface area contributed by atoms with Gasteiger partial charge in [-0.15, -0.1) is 0 Å². The smallest absolute Gasteiger partial charge is 0.344 e. The Bertz CT molecular complexity index is 962. The molecule has 0 fully saturated rings. The minimum Gasteiger partial charge on any atom is -0.480 e. The Morgan fingerprint density at radius 2 is 1.83 bits per heavy atom. The van der Waals surface area contributed by atoms with Crippen molar-refractivity contribution in [3.8, 4) is 11.8 Å². The summed E-state index contributed by atoms with van der Waals surface area (Å²) in [5.74, 6) is -0.634. The first-order valence-electron chi connectivity index (χ1n) is 8.30. The molecule has 0 unspecified atom stereocenters. The average molecular weight is 543 g/mol. The van der Waals surface area contributed by atoms with Crippen LogP contribution in [0.25, 0.3) is 6.08 Å². The summed E-state index contributed by atoms with van der Waals surface area (Å²) in [5, 5.41) is 12.5. The molecule has 9 heteroatoms. The molecule has 29 heavy (non-hydrogen) atoms. The number of amides is 1. The first kappa shape index (κ1) is 22.9. The number of rotatable bonds is 7. The molecule has 6 nitrogen and oxygen atoms in total. The number of nitriles is 1. The summed E-state index contributed by atoms with van der Waals surface area (Å²) in [5.41, 5.74) is 1.01. The molecule has 2 rings (SSSR count). The van der Waals surface area contributed by atoms with Crippen molar-refractivity contribution >= 4 is 67.1 Å². The Hall–Kier alpha value is -2.34. The van der Waals surface area contributed by atoms with Crippen molar-refractivity contribution in [3.63, 3.8) is 0 Å². The molecule has 0 radical (unpaired) electrons. The van der Waals surface area contributed by atoms with E-state index in [1.165, 1.54) is 6.08 Å². The molecule has 0 heterocycles. The van der Waals surface area contributed by atoms with Gasteiger partial charge in [-0.2, -0.15) is 5.26 Å². The predicted molar refractivity (Wildman–Crippen MR) is 118 cm³/mol. The van der Waals surface area contributed by atoms with Gasteiger partial charge < -0.3 is 14.8 Å². The van der Waals surface area contributed by atoms with E-state index in [9.17, 15) is 14.9 Å². The lowest BCUT2D eigenvalue weighted by Gasteiger charge is -2.11. The number of ether oxygens (including phenoxy) is 2. The van der Waals surface area contributed by atoms with Gasteiger partial charge in [0.1, 0.15) is 17.4 Å². The maximum absolute atomic E-state index is 12.4. The standard InChI is InChI=1S/C20H15Br2ClN2O4/c1-2-28-18(26)11-29-19-16(21)8-12(9-17(19)22)7-13(10-24)20(27)25-15-5-3-14(23)4-6-15/h3-9H,2,11H2,1H3,(H,25,27)/b13-7-. The van der Waals surface area contributed by atoms with Gasteiger partial charge in [0.25, 0.3) is 5.91 Å². The number of benzene rings is 2. The van der Waals surface area contributed by atoms with Crippen LogP contribution in [0.2, 0.25) is 5.02 Å². The van der Waals surface area contributed by atoms with Crippen LogP contribution in [0.3, 0.4) is 0 Å². The molecule has 0 atom stereocenters. The van der Waals surface area contributed by atoms with Gasteiger partial charge in [-0.25, -0.2) is 4.79 Å². The van der Waals surface area contributed by atoms with Crippen LogP contribution in [0, 0.1) is 11.3 Å². The molecule has 0 aliphatic carbocycles. The molecular weight excluding hydrogens is 527 g/mol. The fourth-order valence-electron chi connectivity index (χ4n) is 2.18. The summed E-state index contributed by atoms with van der Waals surface area (Å²) < 4.78 is 11.4. The number of nitrogens with one attached hydrogen (secondary N) is 1. The maximum atomic E-state index is 12.4. The predicted octanol–water partition coefficient (Wildman–Crippen LogP) is 5.35. The van der Waals surface area contributed by atoms with Crippen LogP contribution in [-0.2, 0) is 14.3 Å². The summed E-state index contributed by atoms with van der Waals surface area (Å²) >= 11 is 12.6. The quantitative estimate of drug-likeness (QED) is 0.289. The molecule has 0 saturated heterocycles. The third-order valence-corrected chi connectivity index (χ3v) is 4.87. The van der Waals surface area contributed by atoms with Gasteiger partial charge in [0, 0.05) is 10.7 Å². The lowest BCUT2D eigenvalue weighted by atomic mass is 10.1. The number of carbonyl (C=O) groups is 2. The van der Waals surface area contributed by atoms with Crippen molar-refractivity contribution in [2.75, 3.05) is 18.5 Å². The summed E-state index contributed by atoms with van der Waals surface area (Å²) in [6.07, 6.45) is 1.44. The minimum absolute atomic E-state index is 0.0843. The minimum atomic E-state index is -0.551. The molecule has 0 aliphatic heterocycles. The highest BCUT2D eigenvalue weighted by molar-refractivity contribution is 9.11. The third-order valence-electron chi connectivity index (χ3n) is 3.44. The van der Waals surface area contributed by atoms with E-state index in [-0.39, 0.29) is 18.8 Å². The fraction of sp³-hybridized carbons (Fsp3) is 0.150. The van der Waals surface area contributed by atoms with Crippen molar-refractivity contribution in [2.45, 2.75) is 6.92 Å². The molecule has 0 spiro atoms. The highest BCUT2D eigenvalue weighted by Crippen LogP contribution is 2.35. The Kier molecular flexibility index (Phi) is 8.70. The average Bonchev–Trinajstić information content (AvgIpc) is 2.67. The molecule has 0 saturated carbocycles. The van der Waals surface area contributed by atoms with E-state index in [1.807, 2.05) is 6.07 Å². The number of hydrogen-bond acceptors (Lipinski definition) is 5. The van der Waals surface area contributed by atoms with Crippen LogP contribution in [-0.4, -0.2) is 25.1 Å². The highest BCUT2D eigenvalue weighted by atomic mass is 79.9. The summed E-state index contributed by atoms with van der Waals surface area (Å²) in [6, 6.07) is 11.8. The molecule has 2 aromatic carbocycles. The molecule has 1 amide bonds. The zero-order valence-corrected chi connectivity index (χ0v) is 19.1. The van der Waals surface area contributed by atoms with Gasteiger partial charge in [0.05, 0.1) is 15.6 Å². The number of halogens is 3. The van der Waals surface area contributed by atoms with Crippen molar-refractivity contribution in [2.24, 2.45) is 0 Å². The molecule has 0 aliphatic rings. The van der Waals surface area contributed by atoms with E-state index in [4.69, 9.17) is 21.1 Å². The number of hydrogen-bond donors (Lipinski definition) is 1. The largest absolute Gasteiger partial charge is 0.480 e. The van der Waals surface area contributed by atoms with Crippen LogP contribution in [0.5, 0.6) is 5.75 Å². The van der Waals surface area contributed by atoms with Gasteiger partial charge >= 0.3 is 5.97 Å². The van der Waals surface area contributed by atoms with E-state index in [0.29, 0.717) is 31.0 Å². The van der Waals surface area contributed by atoms with E-state index < -0.39 is 11.9 Å². The third kappa shape index (κ3) is 6.89.